The number of hydrogen-bond acceptors (Lipinski definition) is 2. The van der Waals surface area contributed by atoms with Gasteiger partial charge in [-0.3, -0.25) is 9.98 Å². The van der Waals surface area contributed by atoms with E-state index in [2.05, 4.69) is 77.9 Å². The summed E-state index contributed by atoms with van der Waals surface area (Å²) in [6.45, 7) is 13.2. The van der Waals surface area contributed by atoms with Gasteiger partial charge in [0.25, 0.3) is 0 Å². The topological polar surface area (TPSA) is 24.7 Å². The Morgan fingerprint density at radius 2 is 1.14 bits per heavy atom. The lowest BCUT2D eigenvalue weighted by atomic mass is 10.0. The minimum Gasteiger partial charge on any atom is -0.252 e. The molecule has 2 aromatic rings. The minimum atomic E-state index is 0.969. The van der Waals surface area contributed by atoms with Crippen molar-refractivity contribution in [3.63, 3.8) is 0 Å². The maximum Gasteiger partial charge on any atom is 0.0636 e. The molecule has 2 rings (SSSR count). The van der Waals surface area contributed by atoms with Gasteiger partial charge in [-0.1, -0.05) is 53.2 Å². The Kier molecular flexibility index (Phi) is 9.31. The van der Waals surface area contributed by atoms with E-state index in [9.17, 15) is 0 Å². The van der Waals surface area contributed by atoms with E-state index in [1.54, 1.807) is 0 Å². The van der Waals surface area contributed by atoms with Gasteiger partial charge in [-0.15, -0.1) is 0 Å². The Bertz CT molecular complexity index is 859. The first-order chi connectivity index (χ1) is 14.1. The molecule has 0 N–H and O–H groups in total. The Balaban J connectivity index is 2.40. The highest BCUT2D eigenvalue weighted by Gasteiger charge is 2.08. The first-order valence-corrected chi connectivity index (χ1v) is 11.4. The molecular weight excluding hydrogens is 352 g/mol. The third-order valence-corrected chi connectivity index (χ3v) is 5.65. The van der Waals surface area contributed by atoms with Crippen LogP contribution < -0.4 is 0 Å². The van der Waals surface area contributed by atoms with Gasteiger partial charge in [0.05, 0.1) is 22.8 Å². The van der Waals surface area contributed by atoms with Crippen LogP contribution in [0.4, 0.5) is 11.4 Å². The van der Waals surface area contributed by atoms with Crippen LogP contribution in [-0.4, -0.2) is 11.4 Å². The molecule has 0 fully saturated rings. The number of hydrogen-bond donors (Lipinski definition) is 0. The van der Waals surface area contributed by atoms with Crippen LogP contribution in [0.3, 0.4) is 0 Å². The Morgan fingerprint density at radius 1 is 0.655 bits per heavy atom. The smallest absolute Gasteiger partial charge is 0.0636 e. The number of rotatable bonds is 10. The first kappa shape index (κ1) is 23.1. The molecule has 0 bridgehead atoms. The summed E-state index contributed by atoms with van der Waals surface area (Å²) >= 11 is 0. The zero-order chi connectivity index (χ0) is 21.2. The quantitative estimate of drug-likeness (QED) is 0.367. The predicted molar refractivity (Wildman–Crippen MR) is 130 cm³/mol. The molecule has 0 heterocycles. The third kappa shape index (κ3) is 6.39. The van der Waals surface area contributed by atoms with Crippen LogP contribution in [0.15, 0.2) is 46.4 Å². The van der Waals surface area contributed by atoms with Crippen LogP contribution in [0.25, 0.3) is 0 Å². The molecule has 0 radical (unpaired) electrons. The Morgan fingerprint density at radius 3 is 1.59 bits per heavy atom. The van der Waals surface area contributed by atoms with Crippen LogP contribution in [0.2, 0.25) is 0 Å². The molecule has 0 aliphatic heterocycles. The molecule has 0 unspecified atom stereocenters. The summed E-state index contributed by atoms with van der Waals surface area (Å²) in [5.74, 6) is 0. The Labute approximate surface area is 178 Å². The number of nitrogens with zero attached hydrogens (tertiary/aromatic N) is 2. The molecule has 156 valence electrons. The lowest BCUT2D eigenvalue weighted by molar-refractivity contribution is 0.838. The van der Waals surface area contributed by atoms with Gasteiger partial charge in [-0.05, 0) is 92.0 Å². The SMILES string of the molecule is CCCCC(=Nc1ccc(CC)c(CC)c1)C(C)=Nc1ccc(CC)c(CC)c1. The molecule has 2 heteroatoms. The number of aryl methyl sites for hydroxylation is 4. The summed E-state index contributed by atoms with van der Waals surface area (Å²) < 4.78 is 0. The monoisotopic (exact) mass is 390 g/mol. The molecule has 0 saturated heterocycles. The summed E-state index contributed by atoms with van der Waals surface area (Å²) in [5.41, 5.74) is 9.88. The van der Waals surface area contributed by atoms with Crippen LogP contribution >= 0.6 is 0 Å². The van der Waals surface area contributed by atoms with Gasteiger partial charge in [0, 0.05) is 0 Å². The van der Waals surface area contributed by atoms with E-state index >= 15 is 0 Å². The van der Waals surface area contributed by atoms with E-state index in [1.807, 2.05) is 0 Å². The van der Waals surface area contributed by atoms with Gasteiger partial charge in [0.1, 0.15) is 0 Å². The second-order valence-electron chi connectivity index (χ2n) is 7.68. The summed E-state index contributed by atoms with van der Waals surface area (Å²) in [4.78, 5) is 9.99. The average molecular weight is 391 g/mol. The molecule has 0 spiro atoms. The van der Waals surface area contributed by atoms with Crippen LogP contribution in [-0.2, 0) is 25.7 Å². The van der Waals surface area contributed by atoms with Crippen LogP contribution in [0, 0.1) is 0 Å². The van der Waals surface area contributed by atoms with Crippen LogP contribution in [0.1, 0.15) is 83.1 Å². The molecule has 2 aromatic carbocycles. The predicted octanol–water partition coefficient (Wildman–Crippen LogP) is 7.99. The zero-order valence-electron chi connectivity index (χ0n) is 19.3. The Hall–Kier alpha value is -2.22. The van der Waals surface area contributed by atoms with Gasteiger partial charge >= 0.3 is 0 Å². The number of unbranched alkanes of at least 4 members (excludes halogenated alkanes) is 1. The van der Waals surface area contributed by atoms with Crippen molar-refractivity contribution in [2.45, 2.75) is 86.5 Å². The van der Waals surface area contributed by atoms with E-state index in [4.69, 9.17) is 9.98 Å². The fourth-order valence-electron chi connectivity index (χ4n) is 3.79. The van der Waals surface area contributed by atoms with E-state index in [-0.39, 0.29) is 0 Å². The van der Waals surface area contributed by atoms with Gasteiger partial charge < -0.3 is 0 Å². The van der Waals surface area contributed by atoms with E-state index in [1.165, 1.54) is 22.3 Å². The largest absolute Gasteiger partial charge is 0.252 e. The molecule has 0 aliphatic rings. The van der Waals surface area contributed by atoms with Crippen molar-refractivity contribution in [3.05, 3.63) is 58.7 Å². The lowest BCUT2D eigenvalue weighted by Gasteiger charge is -2.11. The van der Waals surface area contributed by atoms with Gasteiger partial charge in [-0.2, -0.15) is 0 Å². The van der Waals surface area contributed by atoms with Crippen molar-refractivity contribution in [2.24, 2.45) is 9.98 Å². The van der Waals surface area contributed by atoms with E-state index in [0.717, 1.165) is 67.7 Å². The van der Waals surface area contributed by atoms with E-state index < -0.39 is 0 Å². The summed E-state index contributed by atoms with van der Waals surface area (Å²) in [7, 11) is 0. The lowest BCUT2D eigenvalue weighted by Crippen LogP contribution is -2.10. The average Bonchev–Trinajstić information content (AvgIpc) is 2.76. The minimum absolute atomic E-state index is 0.969. The molecule has 29 heavy (non-hydrogen) atoms. The summed E-state index contributed by atoms with van der Waals surface area (Å²) in [6, 6.07) is 13.3. The van der Waals surface area contributed by atoms with Crippen molar-refractivity contribution >= 4 is 22.8 Å². The normalized spacial score (nSPS) is 12.5. The van der Waals surface area contributed by atoms with Gasteiger partial charge in [0.15, 0.2) is 0 Å². The van der Waals surface area contributed by atoms with Crippen LogP contribution in [0.5, 0.6) is 0 Å². The van der Waals surface area contributed by atoms with Crippen molar-refractivity contribution in [3.8, 4) is 0 Å². The second kappa shape index (κ2) is 11.7. The van der Waals surface area contributed by atoms with E-state index in [0.29, 0.717) is 0 Å². The molecule has 0 saturated carbocycles. The van der Waals surface area contributed by atoms with Crippen molar-refractivity contribution < 1.29 is 0 Å². The highest BCUT2D eigenvalue weighted by atomic mass is 14.8. The van der Waals surface area contributed by atoms with Gasteiger partial charge in [-0.25, -0.2) is 0 Å². The van der Waals surface area contributed by atoms with Gasteiger partial charge in [0.2, 0.25) is 0 Å². The molecule has 0 aliphatic carbocycles. The summed E-state index contributed by atoms with van der Waals surface area (Å²) in [6.07, 6.45) is 7.50. The number of aliphatic imine (C=N–C) groups is 2. The van der Waals surface area contributed by atoms with Crippen molar-refractivity contribution in [2.75, 3.05) is 0 Å². The highest BCUT2D eigenvalue weighted by Crippen LogP contribution is 2.23. The molecule has 0 atom stereocenters. The third-order valence-electron chi connectivity index (χ3n) is 5.65. The molecule has 0 amide bonds. The second-order valence-corrected chi connectivity index (χ2v) is 7.68. The fourth-order valence-corrected chi connectivity index (χ4v) is 3.79. The molecular formula is C27H38N2. The molecule has 2 nitrogen and oxygen atoms in total. The summed E-state index contributed by atoms with van der Waals surface area (Å²) in [5, 5.41) is 0. The molecule has 0 aromatic heterocycles. The fraction of sp³-hybridized carbons (Fsp3) is 0.481. The standard InChI is InChI=1S/C27H38N2/c1-7-12-13-27(29-26-17-15-22(9-3)24(11-5)19-26)20(6)28-25-16-14-21(8-2)23(10-4)18-25/h14-19H,7-13H2,1-6H3. The highest BCUT2D eigenvalue weighted by molar-refractivity contribution is 6.42. The van der Waals surface area contributed by atoms with Crippen molar-refractivity contribution in [1.29, 1.82) is 0 Å². The first-order valence-electron chi connectivity index (χ1n) is 11.4. The maximum atomic E-state index is 5.04. The number of benzene rings is 2. The zero-order valence-corrected chi connectivity index (χ0v) is 19.3. The maximum absolute atomic E-state index is 5.04. The van der Waals surface area contributed by atoms with Crippen molar-refractivity contribution in [1.82, 2.24) is 0 Å².